The second-order valence-corrected chi connectivity index (χ2v) is 5.19. The number of ether oxygens (including phenoxy) is 1. The average Bonchev–Trinajstić information content (AvgIpc) is 2.27. The molecule has 0 aliphatic carbocycles. The monoisotopic (exact) mass is 287 g/mol. The molecule has 1 atom stereocenters. The van der Waals surface area contributed by atoms with E-state index in [1.807, 2.05) is 6.92 Å². The van der Waals surface area contributed by atoms with E-state index < -0.39 is 19.4 Å². The number of hydrogen-bond donors (Lipinski definition) is 0. The Kier molecular flexibility index (Phi) is 5.72. The maximum absolute atomic E-state index is 11.8. The van der Waals surface area contributed by atoms with Crippen LogP contribution in [0.2, 0.25) is 0 Å². The lowest BCUT2D eigenvalue weighted by Gasteiger charge is -2.33. The first-order chi connectivity index (χ1) is 8.29. The highest BCUT2D eigenvalue weighted by Gasteiger charge is 2.29. The molecule has 0 N–H and O–H groups in total. The zero-order valence-corrected chi connectivity index (χ0v) is 10.9. The second kappa shape index (κ2) is 6.61. The highest BCUT2D eigenvalue weighted by Crippen LogP contribution is 2.23. The van der Waals surface area contributed by atoms with Crippen molar-refractivity contribution >= 4 is 17.5 Å². The highest BCUT2D eigenvalue weighted by molar-refractivity contribution is 6.20. The van der Waals surface area contributed by atoms with Crippen LogP contribution in [0, 0.1) is 5.92 Å². The molecule has 1 aliphatic rings. The van der Waals surface area contributed by atoms with E-state index in [1.165, 1.54) is 4.90 Å². The molecule has 1 amide bonds. The van der Waals surface area contributed by atoms with Crippen LogP contribution >= 0.6 is 11.6 Å². The molecular formula is C11H17ClF3NO2. The summed E-state index contributed by atoms with van der Waals surface area (Å²) < 4.78 is 39.8. The number of carbonyl (C=O) groups excluding carboxylic acids is 1. The van der Waals surface area contributed by atoms with E-state index in [0.717, 1.165) is 12.8 Å². The van der Waals surface area contributed by atoms with Gasteiger partial charge in [-0.3, -0.25) is 4.79 Å². The highest BCUT2D eigenvalue weighted by atomic mass is 35.5. The Morgan fingerprint density at radius 3 is 2.44 bits per heavy atom. The van der Waals surface area contributed by atoms with Crippen molar-refractivity contribution in [2.24, 2.45) is 5.92 Å². The summed E-state index contributed by atoms with van der Waals surface area (Å²) in [4.78, 5) is 13.1. The Labute approximate surface area is 109 Å². The van der Waals surface area contributed by atoms with Gasteiger partial charge in [-0.1, -0.05) is 0 Å². The lowest BCUT2D eigenvalue weighted by Crippen LogP contribution is -2.42. The zero-order valence-electron chi connectivity index (χ0n) is 10.2. The molecule has 3 nitrogen and oxygen atoms in total. The molecular weight excluding hydrogens is 271 g/mol. The molecule has 0 radical (unpaired) electrons. The van der Waals surface area contributed by atoms with E-state index in [2.05, 4.69) is 4.74 Å². The van der Waals surface area contributed by atoms with Crippen LogP contribution in [0.15, 0.2) is 0 Å². The Hall–Kier alpha value is -0.490. The van der Waals surface area contributed by atoms with Crippen molar-refractivity contribution in [2.75, 3.05) is 26.3 Å². The summed E-state index contributed by atoms with van der Waals surface area (Å²) >= 11 is 5.96. The largest absolute Gasteiger partial charge is 0.411 e. The summed E-state index contributed by atoms with van der Waals surface area (Å²) in [6, 6.07) is 0. The summed E-state index contributed by atoms with van der Waals surface area (Å²) in [5.41, 5.74) is 0. The molecule has 1 rings (SSSR count). The molecule has 0 bridgehead atoms. The molecule has 0 aromatic heterocycles. The van der Waals surface area contributed by atoms with Gasteiger partial charge in [0.1, 0.15) is 13.2 Å². The first-order valence-corrected chi connectivity index (χ1v) is 6.29. The number of carbonyl (C=O) groups is 1. The number of nitrogens with zero attached hydrogens (tertiary/aromatic N) is 1. The molecule has 0 spiro atoms. The van der Waals surface area contributed by atoms with Crippen LogP contribution in [-0.2, 0) is 9.53 Å². The second-order valence-electron chi connectivity index (χ2n) is 4.50. The molecule has 1 unspecified atom stereocenters. The van der Waals surface area contributed by atoms with Gasteiger partial charge in [-0.15, -0.1) is 11.6 Å². The number of likely N-dealkylation sites (tertiary alicyclic amines) is 1. The normalized spacial score (nSPS) is 19.9. The van der Waals surface area contributed by atoms with Gasteiger partial charge in [0, 0.05) is 18.5 Å². The predicted octanol–water partition coefficient (Wildman–Crippen LogP) is 2.43. The third-order valence-electron chi connectivity index (χ3n) is 3.03. The van der Waals surface area contributed by atoms with Gasteiger partial charge in [0.05, 0.1) is 0 Å². The van der Waals surface area contributed by atoms with Crippen LogP contribution in [0.25, 0.3) is 0 Å². The fraction of sp³-hybridized carbons (Fsp3) is 0.909. The van der Waals surface area contributed by atoms with Crippen LogP contribution in [-0.4, -0.2) is 48.7 Å². The molecule has 0 aromatic rings. The van der Waals surface area contributed by atoms with Gasteiger partial charge in [0.25, 0.3) is 0 Å². The van der Waals surface area contributed by atoms with Crippen LogP contribution in [0.4, 0.5) is 13.2 Å². The van der Waals surface area contributed by atoms with Crippen LogP contribution in [0.1, 0.15) is 19.8 Å². The SMILES string of the molecule is CC(Cl)C1CCN(C(=O)COCC(F)(F)F)CC1. The van der Waals surface area contributed by atoms with Crippen molar-refractivity contribution < 1.29 is 22.7 Å². The maximum Gasteiger partial charge on any atom is 0.411 e. The molecule has 1 saturated heterocycles. The van der Waals surface area contributed by atoms with Gasteiger partial charge in [-0.25, -0.2) is 0 Å². The minimum absolute atomic E-state index is 0.0590. The summed E-state index contributed by atoms with van der Waals surface area (Å²) in [6.07, 6.45) is -2.81. The Morgan fingerprint density at radius 2 is 2.00 bits per heavy atom. The summed E-state index contributed by atoms with van der Waals surface area (Å²) in [5, 5.41) is 0.0590. The molecule has 0 aromatic carbocycles. The standard InChI is InChI=1S/C11H17ClF3NO2/c1-8(12)9-2-4-16(5-3-9)10(17)6-18-7-11(13,14)15/h8-9H,2-7H2,1H3. The van der Waals surface area contributed by atoms with E-state index in [9.17, 15) is 18.0 Å². The van der Waals surface area contributed by atoms with Gasteiger partial charge in [-0.2, -0.15) is 13.2 Å². The average molecular weight is 288 g/mol. The van der Waals surface area contributed by atoms with Gasteiger partial charge in [-0.05, 0) is 25.7 Å². The van der Waals surface area contributed by atoms with Gasteiger partial charge in [0.15, 0.2) is 0 Å². The first kappa shape index (κ1) is 15.6. The summed E-state index contributed by atoms with van der Waals surface area (Å²) in [6.45, 7) is 1.09. The van der Waals surface area contributed by atoms with Crippen molar-refractivity contribution in [3.8, 4) is 0 Å². The molecule has 1 fully saturated rings. The fourth-order valence-electron chi connectivity index (χ4n) is 1.95. The smallest absolute Gasteiger partial charge is 0.362 e. The van der Waals surface area contributed by atoms with Crippen molar-refractivity contribution in [3.63, 3.8) is 0 Å². The lowest BCUT2D eigenvalue weighted by atomic mass is 9.94. The Morgan fingerprint density at radius 1 is 1.44 bits per heavy atom. The number of halogens is 4. The Balaban J connectivity index is 2.24. The number of hydrogen-bond acceptors (Lipinski definition) is 2. The van der Waals surface area contributed by atoms with Crippen molar-refractivity contribution in [2.45, 2.75) is 31.3 Å². The van der Waals surface area contributed by atoms with E-state index in [1.54, 1.807) is 0 Å². The Bertz CT molecular complexity index is 276. The van der Waals surface area contributed by atoms with Gasteiger partial charge >= 0.3 is 6.18 Å². The van der Waals surface area contributed by atoms with Crippen molar-refractivity contribution in [3.05, 3.63) is 0 Å². The third-order valence-corrected chi connectivity index (χ3v) is 3.39. The number of rotatable bonds is 4. The predicted molar refractivity (Wildman–Crippen MR) is 61.5 cm³/mol. The van der Waals surface area contributed by atoms with E-state index in [-0.39, 0.29) is 11.3 Å². The van der Waals surface area contributed by atoms with Crippen LogP contribution < -0.4 is 0 Å². The molecule has 7 heteroatoms. The number of alkyl halides is 4. The van der Waals surface area contributed by atoms with Crippen molar-refractivity contribution in [1.82, 2.24) is 4.90 Å². The third kappa shape index (κ3) is 5.44. The summed E-state index contributed by atoms with van der Waals surface area (Å²) in [7, 11) is 0. The van der Waals surface area contributed by atoms with E-state index in [0.29, 0.717) is 19.0 Å². The fourth-order valence-corrected chi connectivity index (χ4v) is 2.21. The number of piperidine rings is 1. The molecule has 1 aliphatic heterocycles. The summed E-state index contributed by atoms with van der Waals surface area (Å²) in [5.74, 6) is -0.0215. The molecule has 1 heterocycles. The zero-order chi connectivity index (χ0) is 13.8. The van der Waals surface area contributed by atoms with E-state index in [4.69, 9.17) is 11.6 Å². The maximum atomic E-state index is 11.8. The minimum Gasteiger partial charge on any atom is -0.362 e. The topological polar surface area (TPSA) is 29.5 Å². The lowest BCUT2D eigenvalue weighted by molar-refractivity contribution is -0.178. The van der Waals surface area contributed by atoms with Gasteiger partial charge < -0.3 is 9.64 Å². The van der Waals surface area contributed by atoms with Crippen molar-refractivity contribution in [1.29, 1.82) is 0 Å². The molecule has 18 heavy (non-hydrogen) atoms. The number of amides is 1. The van der Waals surface area contributed by atoms with Crippen LogP contribution in [0.3, 0.4) is 0 Å². The molecule has 106 valence electrons. The van der Waals surface area contributed by atoms with Crippen LogP contribution in [0.5, 0.6) is 0 Å². The first-order valence-electron chi connectivity index (χ1n) is 5.86. The van der Waals surface area contributed by atoms with Gasteiger partial charge in [0.2, 0.25) is 5.91 Å². The van der Waals surface area contributed by atoms with E-state index >= 15 is 0 Å². The molecule has 0 saturated carbocycles. The quantitative estimate of drug-likeness (QED) is 0.743. The minimum atomic E-state index is -4.39.